The number of ether oxygens (including phenoxy) is 2. The molecule has 1 heterocycles. The molecule has 7 nitrogen and oxygen atoms in total. The predicted octanol–water partition coefficient (Wildman–Crippen LogP) is 4.02. The van der Waals surface area contributed by atoms with Gasteiger partial charge in [0.05, 0.1) is 19.8 Å². The van der Waals surface area contributed by atoms with E-state index in [-0.39, 0.29) is 11.8 Å². The number of rotatable bonds is 6. The maximum Gasteiger partial charge on any atom is 0.226 e. The molecule has 7 heteroatoms. The van der Waals surface area contributed by atoms with Gasteiger partial charge in [0.1, 0.15) is 0 Å². The minimum absolute atomic E-state index is 0.00883. The Morgan fingerprint density at radius 1 is 1.00 bits per heavy atom. The molecule has 1 amide bonds. The molecule has 0 atom stereocenters. The maximum atomic E-state index is 11.8. The monoisotopic (exact) mass is 410 g/mol. The fraction of sp³-hybridized carbons (Fsp3) is 0.391. The lowest BCUT2D eigenvalue weighted by Crippen LogP contribution is -2.30. The topological polar surface area (TPSA) is 84.0 Å². The highest BCUT2D eigenvalue weighted by Gasteiger charge is 2.11. The van der Waals surface area contributed by atoms with Crippen molar-refractivity contribution in [3.05, 3.63) is 48.0 Å². The summed E-state index contributed by atoms with van der Waals surface area (Å²) in [5, 5.41) is 9.46. The van der Waals surface area contributed by atoms with Crippen LogP contribution in [0.4, 0.5) is 11.4 Å². The first-order valence-corrected chi connectivity index (χ1v) is 10.4. The Bertz CT molecular complexity index is 879. The number of nitrogens with one attached hydrogen (secondary N) is 3. The van der Waals surface area contributed by atoms with Crippen molar-refractivity contribution >= 4 is 23.2 Å². The summed E-state index contributed by atoms with van der Waals surface area (Å²) in [5.41, 5.74) is 2.72. The summed E-state index contributed by atoms with van der Waals surface area (Å²) in [4.78, 5) is 16.5. The Hall–Kier alpha value is -3.22. The molecule has 0 saturated heterocycles. The van der Waals surface area contributed by atoms with Crippen LogP contribution < -0.4 is 25.4 Å². The van der Waals surface area contributed by atoms with Crippen LogP contribution in [0.1, 0.15) is 32.8 Å². The standard InChI is InChI=1S/C23H30N4O3/c1-4-24-23(27-19-10-11-20-21(14-19)30-13-5-12-29-20)25-15-17-6-8-18(9-7-17)26-22(28)16(2)3/h6-11,14,16H,4-5,12-13,15H2,1-3H3,(H,26,28)(H2,24,25,27). The molecule has 0 radical (unpaired) electrons. The zero-order chi connectivity index (χ0) is 21.3. The summed E-state index contributed by atoms with van der Waals surface area (Å²) >= 11 is 0. The Morgan fingerprint density at radius 3 is 2.40 bits per heavy atom. The summed E-state index contributed by atoms with van der Waals surface area (Å²) in [6.45, 7) is 8.35. The Labute approximate surface area is 177 Å². The third-order valence-corrected chi connectivity index (χ3v) is 4.52. The minimum Gasteiger partial charge on any atom is -0.490 e. The fourth-order valence-electron chi connectivity index (χ4n) is 2.84. The van der Waals surface area contributed by atoms with Gasteiger partial charge < -0.3 is 25.4 Å². The van der Waals surface area contributed by atoms with E-state index >= 15 is 0 Å². The average molecular weight is 411 g/mol. The molecule has 0 fully saturated rings. The smallest absolute Gasteiger partial charge is 0.226 e. The molecule has 3 rings (SSSR count). The van der Waals surface area contributed by atoms with Crippen molar-refractivity contribution in [1.82, 2.24) is 5.32 Å². The third kappa shape index (κ3) is 6.14. The zero-order valence-electron chi connectivity index (χ0n) is 17.8. The highest BCUT2D eigenvalue weighted by Crippen LogP contribution is 2.32. The van der Waals surface area contributed by atoms with E-state index in [0.717, 1.165) is 41.4 Å². The van der Waals surface area contributed by atoms with Crippen LogP contribution in [0.25, 0.3) is 0 Å². The van der Waals surface area contributed by atoms with Crippen molar-refractivity contribution in [2.24, 2.45) is 10.9 Å². The van der Waals surface area contributed by atoms with Crippen LogP contribution in [0, 0.1) is 5.92 Å². The third-order valence-electron chi connectivity index (χ3n) is 4.52. The van der Waals surface area contributed by atoms with Crippen molar-refractivity contribution < 1.29 is 14.3 Å². The molecule has 3 N–H and O–H groups in total. The summed E-state index contributed by atoms with van der Waals surface area (Å²) in [5.74, 6) is 2.16. The first-order chi connectivity index (χ1) is 14.5. The summed E-state index contributed by atoms with van der Waals surface area (Å²) in [6.07, 6.45) is 0.876. The van der Waals surface area contributed by atoms with E-state index in [1.807, 2.05) is 63.2 Å². The van der Waals surface area contributed by atoms with Gasteiger partial charge in [-0.2, -0.15) is 0 Å². The number of anilines is 2. The molecule has 2 aromatic rings. The highest BCUT2D eigenvalue weighted by atomic mass is 16.5. The lowest BCUT2D eigenvalue weighted by Gasteiger charge is -2.14. The van der Waals surface area contributed by atoms with Crippen LogP contribution in [0.3, 0.4) is 0 Å². The number of carbonyl (C=O) groups excluding carboxylic acids is 1. The van der Waals surface area contributed by atoms with Crippen molar-refractivity contribution in [2.75, 3.05) is 30.4 Å². The normalized spacial score (nSPS) is 13.5. The van der Waals surface area contributed by atoms with E-state index in [1.165, 1.54) is 0 Å². The number of amides is 1. The lowest BCUT2D eigenvalue weighted by atomic mass is 10.2. The van der Waals surface area contributed by atoms with Crippen molar-refractivity contribution in [2.45, 2.75) is 33.7 Å². The highest BCUT2D eigenvalue weighted by molar-refractivity contribution is 5.94. The Kier molecular flexibility index (Phi) is 7.54. The van der Waals surface area contributed by atoms with Gasteiger partial charge in [-0.1, -0.05) is 26.0 Å². The molecule has 160 valence electrons. The SMILES string of the molecule is CCNC(=NCc1ccc(NC(=O)C(C)C)cc1)Nc1ccc2c(c1)OCCCO2. The van der Waals surface area contributed by atoms with Gasteiger partial charge in [0.25, 0.3) is 0 Å². The number of fused-ring (bicyclic) bond motifs is 1. The van der Waals surface area contributed by atoms with Gasteiger partial charge in [0.2, 0.25) is 5.91 Å². The van der Waals surface area contributed by atoms with Crippen LogP contribution in [-0.2, 0) is 11.3 Å². The van der Waals surface area contributed by atoms with E-state index in [0.29, 0.717) is 25.7 Å². The van der Waals surface area contributed by atoms with E-state index in [9.17, 15) is 4.79 Å². The number of benzene rings is 2. The van der Waals surface area contributed by atoms with Crippen molar-refractivity contribution in [3.8, 4) is 11.5 Å². The Balaban J connectivity index is 1.64. The molecule has 30 heavy (non-hydrogen) atoms. The molecule has 0 aromatic heterocycles. The summed E-state index contributed by atoms with van der Waals surface area (Å²) < 4.78 is 11.4. The number of hydrogen-bond acceptors (Lipinski definition) is 4. The van der Waals surface area contributed by atoms with Crippen LogP contribution in [0.15, 0.2) is 47.5 Å². The number of nitrogens with zero attached hydrogens (tertiary/aromatic N) is 1. The van der Waals surface area contributed by atoms with E-state index in [2.05, 4.69) is 20.9 Å². The van der Waals surface area contributed by atoms with Gasteiger partial charge >= 0.3 is 0 Å². The van der Waals surface area contributed by atoms with E-state index in [1.54, 1.807) is 0 Å². The Morgan fingerprint density at radius 2 is 1.70 bits per heavy atom. The second kappa shape index (κ2) is 10.5. The maximum absolute atomic E-state index is 11.8. The number of guanidine groups is 1. The second-order valence-electron chi connectivity index (χ2n) is 7.37. The molecular weight excluding hydrogens is 380 g/mol. The van der Waals surface area contributed by atoms with Gasteiger partial charge in [-0.25, -0.2) is 4.99 Å². The molecule has 0 spiro atoms. The molecule has 0 bridgehead atoms. The molecule has 0 aliphatic carbocycles. The zero-order valence-corrected chi connectivity index (χ0v) is 17.8. The first-order valence-electron chi connectivity index (χ1n) is 10.4. The van der Waals surface area contributed by atoms with Gasteiger partial charge in [0.15, 0.2) is 17.5 Å². The minimum atomic E-state index is -0.0482. The lowest BCUT2D eigenvalue weighted by molar-refractivity contribution is -0.118. The predicted molar refractivity (Wildman–Crippen MR) is 120 cm³/mol. The van der Waals surface area contributed by atoms with Gasteiger partial charge in [-0.05, 0) is 36.8 Å². The summed E-state index contributed by atoms with van der Waals surface area (Å²) in [6, 6.07) is 13.5. The van der Waals surface area contributed by atoms with E-state index in [4.69, 9.17) is 9.47 Å². The van der Waals surface area contributed by atoms with Crippen molar-refractivity contribution in [3.63, 3.8) is 0 Å². The van der Waals surface area contributed by atoms with Crippen LogP contribution in [0.5, 0.6) is 11.5 Å². The van der Waals surface area contributed by atoms with Crippen LogP contribution >= 0.6 is 0 Å². The second-order valence-corrected chi connectivity index (χ2v) is 7.37. The molecule has 0 unspecified atom stereocenters. The number of carbonyl (C=O) groups is 1. The van der Waals surface area contributed by atoms with Gasteiger partial charge in [-0.15, -0.1) is 0 Å². The van der Waals surface area contributed by atoms with Crippen LogP contribution in [-0.4, -0.2) is 31.6 Å². The van der Waals surface area contributed by atoms with Crippen molar-refractivity contribution in [1.29, 1.82) is 0 Å². The molecular formula is C23H30N4O3. The molecule has 0 saturated carbocycles. The number of hydrogen-bond donors (Lipinski definition) is 3. The quantitative estimate of drug-likeness (QED) is 0.495. The average Bonchev–Trinajstić information content (AvgIpc) is 2.98. The largest absolute Gasteiger partial charge is 0.490 e. The van der Waals surface area contributed by atoms with Gasteiger partial charge in [-0.3, -0.25) is 4.79 Å². The first kappa shape index (κ1) is 21.5. The van der Waals surface area contributed by atoms with Gasteiger partial charge in [0, 0.05) is 36.3 Å². The molecule has 1 aliphatic heterocycles. The van der Waals surface area contributed by atoms with E-state index < -0.39 is 0 Å². The summed E-state index contributed by atoms with van der Waals surface area (Å²) in [7, 11) is 0. The molecule has 2 aromatic carbocycles. The fourth-order valence-corrected chi connectivity index (χ4v) is 2.84. The van der Waals surface area contributed by atoms with Crippen LogP contribution in [0.2, 0.25) is 0 Å². The molecule has 1 aliphatic rings. The number of aliphatic imine (C=N–C) groups is 1.